The molecule has 0 N–H and O–H groups in total. The number of hydrogen-bond donors (Lipinski definition) is 0. The lowest BCUT2D eigenvalue weighted by Crippen LogP contribution is -2.21. The van der Waals surface area contributed by atoms with Gasteiger partial charge < -0.3 is 0 Å². The summed E-state index contributed by atoms with van der Waals surface area (Å²) >= 11 is 6.15. The molecule has 0 aromatic carbocycles. The number of rotatable bonds is 2. The van der Waals surface area contributed by atoms with Crippen molar-refractivity contribution in [2.75, 3.05) is 0 Å². The third-order valence-electron chi connectivity index (χ3n) is 4.43. The fraction of sp³-hybridized carbons (Fsp3) is 0.733. The van der Waals surface area contributed by atoms with Gasteiger partial charge in [0.1, 0.15) is 11.0 Å². The standard InChI is InChI=1S/C15H21ClN2/c1-15(2)7-5-11(6-8-15)14-17-12(10-3-4-10)9-13(16)18-14/h9-11H,3-8H2,1-2H3. The molecule has 1 heterocycles. The van der Waals surface area contributed by atoms with E-state index in [1.165, 1.54) is 44.2 Å². The van der Waals surface area contributed by atoms with Crippen molar-refractivity contribution in [2.45, 2.75) is 64.2 Å². The molecule has 1 aromatic heterocycles. The van der Waals surface area contributed by atoms with Gasteiger partial charge in [0.25, 0.3) is 0 Å². The Balaban J connectivity index is 1.79. The van der Waals surface area contributed by atoms with Crippen LogP contribution in [-0.2, 0) is 0 Å². The van der Waals surface area contributed by atoms with Gasteiger partial charge in [0.2, 0.25) is 0 Å². The van der Waals surface area contributed by atoms with Crippen LogP contribution in [0.4, 0.5) is 0 Å². The Labute approximate surface area is 114 Å². The van der Waals surface area contributed by atoms with E-state index in [9.17, 15) is 0 Å². The van der Waals surface area contributed by atoms with Crippen molar-refractivity contribution < 1.29 is 0 Å². The van der Waals surface area contributed by atoms with Gasteiger partial charge in [-0.2, -0.15) is 0 Å². The molecule has 0 unspecified atom stereocenters. The van der Waals surface area contributed by atoms with E-state index in [4.69, 9.17) is 16.6 Å². The van der Waals surface area contributed by atoms with Crippen LogP contribution in [0.3, 0.4) is 0 Å². The largest absolute Gasteiger partial charge is 0.237 e. The molecule has 2 aliphatic rings. The Morgan fingerprint density at radius 1 is 1.06 bits per heavy atom. The molecule has 2 nitrogen and oxygen atoms in total. The lowest BCUT2D eigenvalue weighted by Gasteiger charge is -2.33. The van der Waals surface area contributed by atoms with Crippen LogP contribution in [0.2, 0.25) is 5.15 Å². The summed E-state index contributed by atoms with van der Waals surface area (Å²) in [4.78, 5) is 9.24. The summed E-state index contributed by atoms with van der Waals surface area (Å²) in [6, 6.07) is 1.95. The first-order valence-corrected chi connectivity index (χ1v) is 7.46. The highest BCUT2D eigenvalue weighted by Crippen LogP contribution is 2.43. The summed E-state index contributed by atoms with van der Waals surface area (Å²) in [7, 11) is 0. The Bertz CT molecular complexity index is 442. The topological polar surface area (TPSA) is 25.8 Å². The van der Waals surface area contributed by atoms with E-state index in [1.807, 2.05) is 6.07 Å². The average molecular weight is 265 g/mol. The zero-order valence-electron chi connectivity index (χ0n) is 11.2. The first-order chi connectivity index (χ1) is 8.53. The Hall–Kier alpha value is -0.630. The summed E-state index contributed by atoms with van der Waals surface area (Å²) in [5.74, 6) is 2.18. The van der Waals surface area contributed by atoms with Gasteiger partial charge in [-0.3, -0.25) is 0 Å². The van der Waals surface area contributed by atoms with Gasteiger partial charge in [0.15, 0.2) is 0 Å². The summed E-state index contributed by atoms with van der Waals surface area (Å²) in [5.41, 5.74) is 1.67. The van der Waals surface area contributed by atoms with Crippen LogP contribution < -0.4 is 0 Å². The van der Waals surface area contributed by atoms with Gasteiger partial charge >= 0.3 is 0 Å². The Morgan fingerprint density at radius 3 is 2.33 bits per heavy atom. The fourth-order valence-electron chi connectivity index (χ4n) is 2.88. The minimum atomic E-state index is 0.494. The first-order valence-electron chi connectivity index (χ1n) is 7.08. The van der Waals surface area contributed by atoms with Crippen LogP contribution >= 0.6 is 11.6 Å². The molecule has 98 valence electrons. The van der Waals surface area contributed by atoms with Crippen molar-refractivity contribution in [3.05, 3.63) is 22.7 Å². The van der Waals surface area contributed by atoms with Gasteiger partial charge in [-0.15, -0.1) is 0 Å². The maximum atomic E-state index is 6.15. The molecule has 0 saturated heterocycles. The minimum Gasteiger partial charge on any atom is -0.237 e. The van der Waals surface area contributed by atoms with Gasteiger partial charge in [-0.25, -0.2) is 9.97 Å². The highest BCUT2D eigenvalue weighted by Gasteiger charge is 2.31. The Kier molecular flexibility index (Phi) is 3.09. The normalized spacial score (nSPS) is 24.2. The van der Waals surface area contributed by atoms with Crippen LogP contribution in [-0.4, -0.2) is 9.97 Å². The fourth-order valence-corrected chi connectivity index (χ4v) is 3.08. The molecule has 2 saturated carbocycles. The van der Waals surface area contributed by atoms with Crippen LogP contribution in [0, 0.1) is 5.41 Å². The van der Waals surface area contributed by atoms with Crippen molar-refractivity contribution in [1.82, 2.24) is 9.97 Å². The summed E-state index contributed by atoms with van der Waals surface area (Å²) < 4.78 is 0. The van der Waals surface area contributed by atoms with E-state index in [0.717, 1.165) is 5.82 Å². The van der Waals surface area contributed by atoms with Gasteiger partial charge in [-0.05, 0) is 50.0 Å². The van der Waals surface area contributed by atoms with Crippen LogP contribution in [0.25, 0.3) is 0 Å². The molecule has 0 aliphatic heterocycles. The quantitative estimate of drug-likeness (QED) is 0.724. The van der Waals surface area contributed by atoms with E-state index in [0.29, 0.717) is 22.4 Å². The molecule has 3 heteroatoms. The van der Waals surface area contributed by atoms with Crippen LogP contribution in [0.1, 0.15) is 75.7 Å². The smallest absolute Gasteiger partial charge is 0.133 e. The zero-order valence-corrected chi connectivity index (χ0v) is 12.0. The predicted molar refractivity (Wildman–Crippen MR) is 74.0 cm³/mol. The molecule has 2 aliphatic carbocycles. The molecule has 0 bridgehead atoms. The number of hydrogen-bond acceptors (Lipinski definition) is 2. The summed E-state index contributed by atoms with van der Waals surface area (Å²) in [6.45, 7) is 4.72. The highest BCUT2D eigenvalue weighted by molar-refractivity contribution is 6.29. The van der Waals surface area contributed by atoms with Crippen LogP contribution in [0.15, 0.2) is 6.07 Å². The zero-order chi connectivity index (χ0) is 12.8. The van der Waals surface area contributed by atoms with E-state index >= 15 is 0 Å². The van der Waals surface area contributed by atoms with E-state index in [-0.39, 0.29) is 0 Å². The average Bonchev–Trinajstić information content (AvgIpc) is 3.11. The second kappa shape index (κ2) is 4.48. The highest BCUT2D eigenvalue weighted by atomic mass is 35.5. The number of halogens is 1. The lowest BCUT2D eigenvalue weighted by molar-refractivity contribution is 0.220. The molecule has 0 atom stereocenters. The maximum Gasteiger partial charge on any atom is 0.133 e. The van der Waals surface area contributed by atoms with Crippen molar-refractivity contribution >= 4 is 11.6 Å². The van der Waals surface area contributed by atoms with E-state index < -0.39 is 0 Å². The molecule has 3 rings (SSSR count). The number of aromatic nitrogens is 2. The molecule has 0 spiro atoms. The molecule has 0 radical (unpaired) electrons. The third kappa shape index (κ3) is 2.69. The summed E-state index contributed by atoms with van der Waals surface area (Å²) in [5, 5.41) is 0.631. The van der Waals surface area contributed by atoms with Gasteiger partial charge in [0, 0.05) is 17.5 Å². The minimum absolute atomic E-state index is 0.494. The van der Waals surface area contributed by atoms with Gasteiger partial charge in [-0.1, -0.05) is 25.4 Å². The van der Waals surface area contributed by atoms with Crippen molar-refractivity contribution in [3.8, 4) is 0 Å². The van der Waals surface area contributed by atoms with Gasteiger partial charge in [0.05, 0.1) is 0 Å². The molecule has 0 amide bonds. The molecular weight excluding hydrogens is 244 g/mol. The van der Waals surface area contributed by atoms with Crippen molar-refractivity contribution in [2.24, 2.45) is 5.41 Å². The first kappa shape index (κ1) is 12.4. The van der Waals surface area contributed by atoms with E-state index in [2.05, 4.69) is 18.8 Å². The number of nitrogens with zero attached hydrogens (tertiary/aromatic N) is 2. The molecular formula is C15H21ClN2. The van der Waals surface area contributed by atoms with E-state index in [1.54, 1.807) is 0 Å². The second-order valence-electron chi connectivity index (χ2n) is 6.69. The predicted octanol–water partition coefficient (Wildman–Crippen LogP) is 4.69. The second-order valence-corrected chi connectivity index (χ2v) is 7.07. The monoisotopic (exact) mass is 264 g/mol. The summed E-state index contributed by atoms with van der Waals surface area (Å²) in [6.07, 6.45) is 7.49. The third-order valence-corrected chi connectivity index (χ3v) is 4.63. The SMILES string of the molecule is CC1(C)CCC(c2nc(Cl)cc(C3CC3)n2)CC1. The van der Waals surface area contributed by atoms with Crippen LogP contribution in [0.5, 0.6) is 0 Å². The Morgan fingerprint density at radius 2 is 1.72 bits per heavy atom. The maximum absolute atomic E-state index is 6.15. The lowest BCUT2D eigenvalue weighted by atomic mass is 9.73. The molecule has 18 heavy (non-hydrogen) atoms. The van der Waals surface area contributed by atoms with Crippen molar-refractivity contribution in [1.29, 1.82) is 0 Å². The molecule has 2 fully saturated rings. The molecule has 1 aromatic rings. The van der Waals surface area contributed by atoms with Crippen molar-refractivity contribution in [3.63, 3.8) is 0 Å².